The lowest BCUT2D eigenvalue weighted by Crippen LogP contribution is -2.28. The van der Waals surface area contributed by atoms with E-state index >= 15 is 0 Å². The van der Waals surface area contributed by atoms with E-state index in [1.54, 1.807) is 0 Å². The average Bonchev–Trinajstić information content (AvgIpc) is 2.36. The summed E-state index contributed by atoms with van der Waals surface area (Å²) in [7, 11) is 2.21. The van der Waals surface area contributed by atoms with Crippen molar-refractivity contribution >= 4 is 0 Å². The lowest BCUT2D eigenvalue weighted by molar-refractivity contribution is 0.308. The zero-order valence-electron chi connectivity index (χ0n) is 12.4. The van der Waals surface area contributed by atoms with Crippen molar-refractivity contribution in [3.8, 4) is 0 Å². The number of rotatable bonds is 8. The fourth-order valence-corrected chi connectivity index (χ4v) is 2.43. The summed E-state index contributed by atoms with van der Waals surface area (Å²) in [6.07, 6.45) is 2.40. The average molecular weight is 248 g/mol. The monoisotopic (exact) mass is 248 g/mol. The Bertz CT molecular complexity index is 336. The van der Waals surface area contributed by atoms with Crippen LogP contribution in [-0.2, 0) is 0 Å². The molecule has 1 aromatic carbocycles. The molecule has 18 heavy (non-hydrogen) atoms. The fourth-order valence-electron chi connectivity index (χ4n) is 2.43. The molecule has 0 spiro atoms. The smallest absolute Gasteiger partial charge is 0.0334 e. The maximum absolute atomic E-state index is 3.61. The molecular weight excluding hydrogens is 220 g/mol. The van der Waals surface area contributed by atoms with Crippen LogP contribution in [0, 0.1) is 6.92 Å². The van der Waals surface area contributed by atoms with Gasteiger partial charge in [-0.05, 0) is 57.6 Å². The van der Waals surface area contributed by atoms with Crippen molar-refractivity contribution in [2.45, 2.75) is 39.7 Å². The zero-order valence-corrected chi connectivity index (χ0v) is 12.4. The van der Waals surface area contributed by atoms with Crippen molar-refractivity contribution in [1.82, 2.24) is 10.2 Å². The number of aryl methyl sites for hydroxylation is 1. The van der Waals surface area contributed by atoms with Gasteiger partial charge in [-0.25, -0.2) is 0 Å². The second-order valence-corrected chi connectivity index (χ2v) is 5.06. The third kappa shape index (κ3) is 4.79. The summed E-state index contributed by atoms with van der Waals surface area (Å²) in [6, 6.07) is 9.20. The molecule has 0 fully saturated rings. The van der Waals surface area contributed by atoms with Crippen LogP contribution in [0.3, 0.4) is 0 Å². The topological polar surface area (TPSA) is 15.3 Å². The SMILES string of the molecule is CCCN(C)CCC(NCC)c1ccccc1C. The minimum atomic E-state index is 0.482. The molecule has 1 atom stereocenters. The van der Waals surface area contributed by atoms with Crippen LogP contribution in [0.4, 0.5) is 0 Å². The summed E-state index contributed by atoms with van der Waals surface area (Å²) in [6.45, 7) is 9.99. The molecule has 0 aromatic heterocycles. The first-order valence-corrected chi connectivity index (χ1v) is 7.16. The summed E-state index contributed by atoms with van der Waals surface area (Å²) in [5.74, 6) is 0. The molecule has 0 aliphatic heterocycles. The van der Waals surface area contributed by atoms with Crippen LogP contribution in [0.25, 0.3) is 0 Å². The molecule has 0 aliphatic carbocycles. The molecule has 0 bridgehead atoms. The van der Waals surface area contributed by atoms with Gasteiger partial charge in [0.15, 0.2) is 0 Å². The van der Waals surface area contributed by atoms with Gasteiger partial charge < -0.3 is 10.2 Å². The summed E-state index contributed by atoms with van der Waals surface area (Å²) in [4.78, 5) is 2.42. The van der Waals surface area contributed by atoms with Crippen molar-refractivity contribution in [3.05, 3.63) is 35.4 Å². The minimum Gasteiger partial charge on any atom is -0.310 e. The van der Waals surface area contributed by atoms with Crippen LogP contribution in [0.5, 0.6) is 0 Å². The molecule has 2 nitrogen and oxygen atoms in total. The van der Waals surface area contributed by atoms with E-state index in [1.165, 1.54) is 30.5 Å². The zero-order chi connectivity index (χ0) is 13.4. The quantitative estimate of drug-likeness (QED) is 0.759. The summed E-state index contributed by atoms with van der Waals surface area (Å²) < 4.78 is 0. The van der Waals surface area contributed by atoms with Crippen molar-refractivity contribution in [2.24, 2.45) is 0 Å². The van der Waals surface area contributed by atoms with Crippen molar-refractivity contribution in [2.75, 3.05) is 26.7 Å². The number of nitrogens with one attached hydrogen (secondary N) is 1. The Balaban J connectivity index is 2.62. The third-order valence-electron chi connectivity index (χ3n) is 3.42. The van der Waals surface area contributed by atoms with Gasteiger partial charge in [-0.2, -0.15) is 0 Å². The first kappa shape index (κ1) is 15.2. The second-order valence-electron chi connectivity index (χ2n) is 5.06. The standard InChI is InChI=1S/C16H28N2/c1-5-12-18(4)13-11-16(17-6-2)15-10-8-7-9-14(15)3/h7-10,16-17H,5-6,11-13H2,1-4H3. The van der Waals surface area contributed by atoms with Crippen molar-refractivity contribution in [3.63, 3.8) is 0 Å². The van der Waals surface area contributed by atoms with Crippen LogP contribution in [0.1, 0.15) is 43.9 Å². The van der Waals surface area contributed by atoms with Crippen LogP contribution in [0.2, 0.25) is 0 Å². The van der Waals surface area contributed by atoms with E-state index < -0.39 is 0 Å². The molecule has 0 aliphatic rings. The van der Waals surface area contributed by atoms with E-state index in [1.807, 2.05) is 0 Å². The first-order chi connectivity index (χ1) is 8.69. The summed E-state index contributed by atoms with van der Waals surface area (Å²) in [5, 5.41) is 3.61. The molecule has 1 unspecified atom stereocenters. The van der Waals surface area contributed by atoms with Gasteiger partial charge >= 0.3 is 0 Å². The predicted molar refractivity (Wildman–Crippen MR) is 80.0 cm³/mol. The van der Waals surface area contributed by atoms with E-state index in [0.717, 1.165) is 13.1 Å². The highest BCUT2D eigenvalue weighted by Crippen LogP contribution is 2.20. The van der Waals surface area contributed by atoms with Gasteiger partial charge in [-0.1, -0.05) is 38.1 Å². The van der Waals surface area contributed by atoms with Crippen molar-refractivity contribution < 1.29 is 0 Å². The van der Waals surface area contributed by atoms with Crippen molar-refractivity contribution in [1.29, 1.82) is 0 Å². The molecule has 102 valence electrons. The van der Waals surface area contributed by atoms with E-state index in [4.69, 9.17) is 0 Å². The van der Waals surface area contributed by atoms with Gasteiger partial charge in [0.05, 0.1) is 0 Å². The van der Waals surface area contributed by atoms with E-state index in [9.17, 15) is 0 Å². The van der Waals surface area contributed by atoms with Gasteiger partial charge in [0.1, 0.15) is 0 Å². The maximum atomic E-state index is 3.61. The van der Waals surface area contributed by atoms with Crippen LogP contribution in [-0.4, -0.2) is 31.6 Å². The summed E-state index contributed by atoms with van der Waals surface area (Å²) >= 11 is 0. The Morgan fingerprint density at radius 2 is 1.89 bits per heavy atom. The highest BCUT2D eigenvalue weighted by atomic mass is 15.1. The predicted octanol–water partition coefficient (Wildman–Crippen LogP) is 3.38. The van der Waals surface area contributed by atoms with E-state index in [-0.39, 0.29) is 0 Å². The fraction of sp³-hybridized carbons (Fsp3) is 0.625. The molecule has 1 rings (SSSR count). The van der Waals surface area contributed by atoms with Crippen LogP contribution < -0.4 is 5.32 Å². The first-order valence-electron chi connectivity index (χ1n) is 7.16. The highest BCUT2D eigenvalue weighted by molar-refractivity contribution is 5.28. The Hall–Kier alpha value is -0.860. The maximum Gasteiger partial charge on any atom is 0.0334 e. The minimum absolute atomic E-state index is 0.482. The molecule has 0 saturated heterocycles. The molecule has 1 N–H and O–H groups in total. The van der Waals surface area contributed by atoms with Crippen LogP contribution >= 0.6 is 0 Å². The molecule has 1 aromatic rings. The lowest BCUT2D eigenvalue weighted by atomic mass is 9.98. The molecule has 2 heteroatoms. The normalized spacial score (nSPS) is 12.9. The van der Waals surface area contributed by atoms with Gasteiger partial charge in [-0.3, -0.25) is 0 Å². The molecular formula is C16H28N2. The molecule has 0 heterocycles. The van der Waals surface area contributed by atoms with Gasteiger partial charge in [0, 0.05) is 6.04 Å². The Morgan fingerprint density at radius 1 is 1.17 bits per heavy atom. The summed E-state index contributed by atoms with van der Waals surface area (Å²) in [5.41, 5.74) is 2.84. The number of nitrogens with zero attached hydrogens (tertiary/aromatic N) is 1. The Kier molecular flexibility index (Phi) is 6.99. The van der Waals surface area contributed by atoms with Crippen LogP contribution in [0.15, 0.2) is 24.3 Å². The lowest BCUT2D eigenvalue weighted by Gasteiger charge is -2.23. The molecule has 0 amide bonds. The number of benzene rings is 1. The van der Waals surface area contributed by atoms with Gasteiger partial charge in [0.25, 0.3) is 0 Å². The third-order valence-corrected chi connectivity index (χ3v) is 3.42. The number of hydrogen-bond donors (Lipinski definition) is 1. The Morgan fingerprint density at radius 3 is 2.50 bits per heavy atom. The van der Waals surface area contributed by atoms with Gasteiger partial charge in [-0.15, -0.1) is 0 Å². The molecule has 0 saturated carbocycles. The number of hydrogen-bond acceptors (Lipinski definition) is 2. The highest BCUT2D eigenvalue weighted by Gasteiger charge is 2.12. The van der Waals surface area contributed by atoms with E-state index in [0.29, 0.717) is 6.04 Å². The van der Waals surface area contributed by atoms with E-state index in [2.05, 4.69) is 62.3 Å². The second kappa shape index (κ2) is 8.28. The van der Waals surface area contributed by atoms with Gasteiger partial charge in [0.2, 0.25) is 0 Å². The molecule has 0 radical (unpaired) electrons. The largest absolute Gasteiger partial charge is 0.310 e. The Labute approximate surface area is 112 Å².